The van der Waals surface area contributed by atoms with Crippen molar-refractivity contribution in [3.8, 4) is 0 Å². The fraction of sp³-hybridized carbons (Fsp3) is 0.0909. The molecule has 0 unspecified atom stereocenters. The van der Waals surface area contributed by atoms with Gasteiger partial charge in [0, 0.05) is 24.5 Å². The number of nitrogens with zero attached hydrogens (tertiary/aromatic N) is 2. The highest BCUT2D eigenvalue weighted by Crippen LogP contribution is 2.09. The molecular formula is C11H11N3O. The highest BCUT2D eigenvalue weighted by Gasteiger charge is 2.10. The highest BCUT2D eigenvalue weighted by molar-refractivity contribution is 5.97. The minimum absolute atomic E-state index is 0.103. The Balaban J connectivity index is 2.42. The maximum atomic E-state index is 12.0. The van der Waals surface area contributed by atoms with Crippen LogP contribution in [0.4, 0.5) is 0 Å². The van der Waals surface area contributed by atoms with Crippen LogP contribution in [0.5, 0.6) is 0 Å². The Morgan fingerprint density at radius 1 is 1.40 bits per heavy atom. The van der Waals surface area contributed by atoms with Crippen LogP contribution in [0.2, 0.25) is 0 Å². The topological polar surface area (TPSA) is 60.9 Å². The number of nitrogens with two attached hydrogens (primary N) is 1. The van der Waals surface area contributed by atoms with Gasteiger partial charge in [0.25, 0.3) is 5.91 Å². The molecular weight excluding hydrogens is 190 g/mol. The van der Waals surface area contributed by atoms with E-state index in [1.165, 1.54) is 10.9 Å². The lowest BCUT2D eigenvalue weighted by molar-refractivity contribution is 0.0959. The number of rotatable bonds is 2. The Morgan fingerprint density at radius 2 is 2.20 bits per heavy atom. The van der Waals surface area contributed by atoms with Gasteiger partial charge in [-0.2, -0.15) is 0 Å². The quantitative estimate of drug-likeness (QED) is 0.789. The minimum atomic E-state index is -0.103. The third kappa shape index (κ3) is 1.80. The van der Waals surface area contributed by atoms with Crippen molar-refractivity contribution in [2.75, 3.05) is 0 Å². The number of carbonyl (C=O) groups excluding carboxylic acids is 1. The number of imidazole rings is 1. The van der Waals surface area contributed by atoms with E-state index >= 15 is 0 Å². The predicted molar refractivity (Wildman–Crippen MR) is 56.3 cm³/mol. The van der Waals surface area contributed by atoms with E-state index in [1.54, 1.807) is 18.5 Å². The van der Waals surface area contributed by atoms with Crippen molar-refractivity contribution in [3.05, 3.63) is 54.1 Å². The van der Waals surface area contributed by atoms with Crippen molar-refractivity contribution in [2.24, 2.45) is 5.73 Å². The first-order chi connectivity index (χ1) is 7.33. The summed E-state index contributed by atoms with van der Waals surface area (Å²) >= 11 is 0. The Kier molecular flexibility index (Phi) is 2.60. The summed E-state index contributed by atoms with van der Waals surface area (Å²) in [7, 11) is 0. The lowest BCUT2D eigenvalue weighted by Crippen LogP contribution is -2.13. The number of aromatic nitrogens is 2. The monoisotopic (exact) mass is 201 g/mol. The van der Waals surface area contributed by atoms with Crippen molar-refractivity contribution in [2.45, 2.75) is 6.54 Å². The zero-order valence-corrected chi connectivity index (χ0v) is 8.13. The van der Waals surface area contributed by atoms with Gasteiger partial charge < -0.3 is 5.73 Å². The molecule has 2 N–H and O–H groups in total. The number of hydrogen-bond donors (Lipinski definition) is 1. The van der Waals surface area contributed by atoms with Crippen LogP contribution in [0.3, 0.4) is 0 Å². The molecule has 1 heterocycles. The lowest BCUT2D eigenvalue weighted by Gasteiger charge is -2.06. The summed E-state index contributed by atoms with van der Waals surface area (Å²) in [4.78, 5) is 15.8. The number of benzene rings is 1. The lowest BCUT2D eigenvalue weighted by atomic mass is 10.1. The van der Waals surface area contributed by atoms with Crippen molar-refractivity contribution in [3.63, 3.8) is 0 Å². The molecule has 76 valence electrons. The second-order valence-corrected chi connectivity index (χ2v) is 3.14. The van der Waals surface area contributed by atoms with E-state index < -0.39 is 0 Å². The first kappa shape index (κ1) is 9.61. The fourth-order valence-corrected chi connectivity index (χ4v) is 1.43. The molecule has 0 aliphatic heterocycles. The standard InChI is InChI=1S/C11H11N3O/c12-7-9-3-1-2-4-10(9)11(15)14-6-5-13-8-14/h1-6,8H,7,12H2. The van der Waals surface area contributed by atoms with Crippen LogP contribution >= 0.6 is 0 Å². The second kappa shape index (κ2) is 4.06. The number of carbonyl (C=O) groups is 1. The predicted octanol–water partition coefficient (Wildman–Crippen LogP) is 1.03. The summed E-state index contributed by atoms with van der Waals surface area (Å²) < 4.78 is 1.44. The summed E-state index contributed by atoms with van der Waals surface area (Å²) in [5, 5.41) is 0. The Morgan fingerprint density at radius 3 is 2.87 bits per heavy atom. The third-order valence-electron chi connectivity index (χ3n) is 2.21. The van der Waals surface area contributed by atoms with Crippen molar-refractivity contribution >= 4 is 5.91 Å². The zero-order chi connectivity index (χ0) is 10.7. The maximum absolute atomic E-state index is 12.0. The molecule has 2 aromatic rings. The van der Waals surface area contributed by atoms with E-state index in [-0.39, 0.29) is 5.91 Å². The molecule has 0 radical (unpaired) electrons. The molecule has 0 aliphatic carbocycles. The van der Waals surface area contributed by atoms with Crippen LogP contribution in [-0.2, 0) is 6.54 Å². The minimum Gasteiger partial charge on any atom is -0.326 e. The second-order valence-electron chi connectivity index (χ2n) is 3.14. The van der Waals surface area contributed by atoms with Gasteiger partial charge in [0.05, 0.1) is 0 Å². The van der Waals surface area contributed by atoms with E-state index in [9.17, 15) is 4.79 Å². The van der Waals surface area contributed by atoms with Crippen LogP contribution in [-0.4, -0.2) is 15.5 Å². The molecule has 1 aromatic heterocycles. The van der Waals surface area contributed by atoms with Gasteiger partial charge in [0.2, 0.25) is 0 Å². The van der Waals surface area contributed by atoms with Crippen LogP contribution in [0.15, 0.2) is 43.0 Å². The molecule has 1 aromatic carbocycles. The van der Waals surface area contributed by atoms with Gasteiger partial charge in [-0.25, -0.2) is 4.98 Å². The highest BCUT2D eigenvalue weighted by atomic mass is 16.2. The molecule has 0 saturated carbocycles. The molecule has 0 amide bonds. The molecule has 0 fully saturated rings. The first-order valence-corrected chi connectivity index (χ1v) is 4.63. The maximum Gasteiger partial charge on any atom is 0.263 e. The molecule has 0 atom stereocenters. The van der Waals surface area contributed by atoms with Gasteiger partial charge in [-0.05, 0) is 11.6 Å². The molecule has 2 rings (SSSR count). The van der Waals surface area contributed by atoms with Gasteiger partial charge in [-0.3, -0.25) is 9.36 Å². The normalized spacial score (nSPS) is 10.2. The molecule has 0 aliphatic rings. The SMILES string of the molecule is NCc1ccccc1C(=O)n1ccnc1. The molecule has 0 saturated heterocycles. The fourth-order valence-electron chi connectivity index (χ4n) is 1.43. The summed E-state index contributed by atoms with van der Waals surface area (Å²) in [5.74, 6) is -0.103. The molecule has 0 bridgehead atoms. The van der Waals surface area contributed by atoms with Gasteiger partial charge in [-0.1, -0.05) is 18.2 Å². The van der Waals surface area contributed by atoms with Gasteiger partial charge in [0.15, 0.2) is 0 Å². The van der Waals surface area contributed by atoms with Crippen LogP contribution in [0.25, 0.3) is 0 Å². The molecule has 4 heteroatoms. The molecule has 15 heavy (non-hydrogen) atoms. The third-order valence-corrected chi connectivity index (χ3v) is 2.21. The molecule has 0 spiro atoms. The summed E-state index contributed by atoms with van der Waals surface area (Å²) in [6.07, 6.45) is 4.67. The van der Waals surface area contributed by atoms with E-state index in [1.807, 2.05) is 18.2 Å². The van der Waals surface area contributed by atoms with E-state index in [0.717, 1.165) is 5.56 Å². The summed E-state index contributed by atoms with van der Waals surface area (Å²) in [5.41, 5.74) is 7.03. The Hall–Kier alpha value is -1.94. The smallest absolute Gasteiger partial charge is 0.263 e. The van der Waals surface area contributed by atoms with E-state index in [0.29, 0.717) is 12.1 Å². The van der Waals surface area contributed by atoms with E-state index in [2.05, 4.69) is 4.98 Å². The Labute approximate surface area is 87.4 Å². The van der Waals surface area contributed by atoms with E-state index in [4.69, 9.17) is 5.73 Å². The van der Waals surface area contributed by atoms with Crippen molar-refractivity contribution in [1.82, 2.24) is 9.55 Å². The Bertz CT molecular complexity index is 462. The molecule has 4 nitrogen and oxygen atoms in total. The van der Waals surface area contributed by atoms with Crippen LogP contribution in [0, 0.1) is 0 Å². The number of hydrogen-bond acceptors (Lipinski definition) is 3. The summed E-state index contributed by atoms with van der Waals surface area (Å²) in [6.45, 7) is 0.358. The van der Waals surface area contributed by atoms with Crippen LogP contribution in [0.1, 0.15) is 15.9 Å². The van der Waals surface area contributed by atoms with Crippen molar-refractivity contribution in [1.29, 1.82) is 0 Å². The summed E-state index contributed by atoms with van der Waals surface area (Å²) in [6, 6.07) is 7.31. The van der Waals surface area contributed by atoms with Crippen LogP contribution < -0.4 is 5.73 Å². The van der Waals surface area contributed by atoms with Crippen molar-refractivity contribution < 1.29 is 4.79 Å². The van der Waals surface area contributed by atoms with Gasteiger partial charge in [0.1, 0.15) is 6.33 Å². The van der Waals surface area contributed by atoms with Gasteiger partial charge in [-0.15, -0.1) is 0 Å². The largest absolute Gasteiger partial charge is 0.326 e. The average Bonchev–Trinajstić information content (AvgIpc) is 2.81. The average molecular weight is 201 g/mol. The zero-order valence-electron chi connectivity index (χ0n) is 8.13. The van der Waals surface area contributed by atoms with Gasteiger partial charge >= 0.3 is 0 Å². The first-order valence-electron chi connectivity index (χ1n) is 4.63.